The minimum atomic E-state index is -0.377. The van der Waals surface area contributed by atoms with Gasteiger partial charge >= 0.3 is 6.03 Å². The zero-order chi connectivity index (χ0) is 19.8. The van der Waals surface area contributed by atoms with Crippen molar-refractivity contribution in [2.45, 2.75) is 13.1 Å². The van der Waals surface area contributed by atoms with Crippen LogP contribution in [0, 0.1) is 5.82 Å². The van der Waals surface area contributed by atoms with Gasteiger partial charge in [-0.25, -0.2) is 14.2 Å². The van der Waals surface area contributed by atoms with Gasteiger partial charge in [0.2, 0.25) is 5.88 Å². The highest BCUT2D eigenvalue weighted by Crippen LogP contribution is 2.20. The molecule has 0 bridgehead atoms. The number of ether oxygens (including phenoxy) is 2. The van der Waals surface area contributed by atoms with E-state index in [1.165, 1.54) is 12.1 Å². The number of rotatable bonds is 7. The minimum Gasteiger partial charge on any atom is -0.496 e. The van der Waals surface area contributed by atoms with Crippen molar-refractivity contribution in [3.63, 3.8) is 0 Å². The van der Waals surface area contributed by atoms with E-state index in [9.17, 15) is 9.18 Å². The molecule has 0 atom stereocenters. The van der Waals surface area contributed by atoms with Crippen molar-refractivity contribution in [1.29, 1.82) is 0 Å². The zero-order valence-corrected chi connectivity index (χ0v) is 15.3. The number of methoxy groups -OCH3 is 1. The summed E-state index contributed by atoms with van der Waals surface area (Å²) in [6.45, 7) is 0.666. The number of carbonyl (C=O) groups excluding carboxylic acids is 1. The van der Waals surface area contributed by atoms with Crippen LogP contribution in [0.5, 0.6) is 17.4 Å². The van der Waals surface area contributed by atoms with Crippen molar-refractivity contribution >= 4 is 6.03 Å². The van der Waals surface area contributed by atoms with E-state index in [0.717, 1.165) is 16.9 Å². The summed E-state index contributed by atoms with van der Waals surface area (Å²) in [6, 6.07) is 16.5. The van der Waals surface area contributed by atoms with Crippen LogP contribution in [0.25, 0.3) is 0 Å². The molecule has 2 amide bonds. The molecule has 0 radical (unpaired) electrons. The lowest BCUT2D eigenvalue weighted by Gasteiger charge is -2.11. The van der Waals surface area contributed by atoms with E-state index < -0.39 is 0 Å². The summed E-state index contributed by atoms with van der Waals surface area (Å²) in [6.07, 6.45) is 1.59. The Bertz CT molecular complexity index is 932. The number of carbonyl (C=O) groups is 1. The van der Waals surface area contributed by atoms with Gasteiger partial charge in [0.15, 0.2) is 0 Å². The van der Waals surface area contributed by atoms with Gasteiger partial charge in [0.25, 0.3) is 0 Å². The average molecular weight is 381 g/mol. The Morgan fingerprint density at radius 1 is 1.04 bits per heavy atom. The number of hydrogen-bond acceptors (Lipinski definition) is 4. The van der Waals surface area contributed by atoms with Crippen LogP contribution in [0.2, 0.25) is 0 Å². The van der Waals surface area contributed by atoms with Crippen LogP contribution in [0.1, 0.15) is 11.1 Å². The lowest BCUT2D eigenvalue weighted by molar-refractivity contribution is 0.240. The fraction of sp³-hybridized carbons (Fsp3) is 0.143. The summed E-state index contributed by atoms with van der Waals surface area (Å²) in [5.41, 5.74) is 1.69. The Labute approximate surface area is 162 Å². The Hall–Kier alpha value is -3.61. The Morgan fingerprint density at radius 3 is 2.61 bits per heavy atom. The van der Waals surface area contributed by atoms with Gasteiger partial charge in [0.05, 0.1) is 7.11 Å². The first-order chi connectivity index (χ1) is 13.6. The Morgan fingerprint density at radius 2 is 1.86 bits per heavy atom. The van der Waals surface area contributed by atoms with Crippen molar-refractivity contribution < 1.29 is 18.7 Å². The molecule has 0 saturated carbocycles. The topological polar surface area (TPSA) is 72.5 Å². The molecule has 144 valence electrons. The number of nitrogens with zero attached hydrogens (tertiary/aromatic N) is 1. The molecule has 6 nitrogen and oxygen atoms in total. The van der Waals surface area contributed by atoms with Crippen LogP contribution in [0.3, 0.4) is 0 Å². The maximum absolute atomic E-state index is 13.2. The molecule has 3 aromatic rings. The highest BCUT2D eigenvalue weighted by atomic mass is 19.1. The summed E-state index contributed by atoms with van der Waals surface area (Å²) in [5.74, 6) is 1.06. The van der Waals surface area contributed by atoms with Crippen molar-refractivity contribution in [3.05, 3.63) is 83.8 Å². The van der Waals surface area contributed by atoms with E-state index in [4.69, 9.17) is 9.47 Å². The van der Waals surface area contributed by atoms with Gasteiger partial charge in [-0.15, -0.1) is 0 Å². The monoisotopic (exact) mass is 381 g/mol. The lowest BCUT2D eigenvalue weighted by atomic mass is 10.2. The van der Waals surface area contributed by atoms with E-state index in [0.29, 0.717) is 24.7 Å². The fourth-order valence-electron chi connectivity index (χ4n) is 2.50. The molecular formula is C21H20FN3O3. The largest absolute Gasteiger partial charge is 0.496 e. The molecule has 28 heavy (non-hydrogen) atoms. The molecule has 3 rings (SSSR count). The van der Waals surface area contributed by atoms with E-state index >= 15 is 0 Å². The van der Waals surface area contributed by atoms with Crippen LogP contribution >= 0.6 is 0 Å². The predicted octanol–water partition coefficient (Wildman–Crippen LogP) is 4.02. The normalized spacial score (nSPS) is 10.2. The molecule has 0 unspecified atom stereocenters. The summed E-state index contributed by atoms with van der Waals surface area (Å²) >= 11 is 0. The number of halogens is 1. The predicted molar refractivity (Wildman–Crippen MR) is 103 cm³/mol. The highest BCUT2D eigenvalue weighted by molar-refractivity contribution is 5.73. The molecule has 0 aliphatic carbocycles. The third-order valence-electron chi connectivity index (χ3n) is 3.90. The summed E-state index contributed by atoms with van der Waals surface area (Å²) in [7, 11) is 1.59. The number of nitrogens with one attached hydrogen (secondary N) is 2. The maximum atomic E-state index is 13.2. The van der Waals surface area contributed by atoms with Crippen LogP contribution < -0.4 is 20.1 Å². The molecule has 0 aliphatic rings. The second-order valence-electron chi connectivity index (χ2n) is 5.91. The number of urea groups is 1. The quantitative estimate of drug-likeness (QED) is 0.648. The first-order valence-corrected chi connectivity index (χ1v) is 8.66. The smallest absolute Gasteiger partial charge is 0.315 e. The highest BCUT2D eigenvalue weighted by Gasteiger charge is 2.05. The zero-order valence-electron chi connectivity index (χ0n) is 15.3. The van der Waals surface area contributed by atoms with E-state index in [1.54, 1.807) is 37.6 Å². The molecule has 0 aliphatic heterocycles. The summed E-state index contributed by atoms with van der Waals surface area (Å²) in [4.78, 5) is 16.2. The van der Waals surface area contributed by atoms with Crippen LogP contribution in [-0.4, -0.2) is 18.1 Å². The van der Waals surface area contributed by atoms with Crippen molar-refractivity contribution in [3.8, 4) is 17.4 Å². The van der Waals surface area contributed by atoms with Gasteiger partial charge in [0.1, 0.15) is 17.3 Å². The fourth-order valence-corrected chi connectivity index (χ4v) is 2.50. The van der Waals surface area contributed by atoms with Gasteiger partial charge in [0, 0.05) is 37.0 Å². The first-order valence-electron chi connectivity index (χ1n) is 8.66. The Kier molecular flexibility index (Phi) is 6.41. The third kappa shape index (κ3) is 5.44. The van der Waals surface area contributed by atoms with Gasteiger partial charge in [-0.3, -0.25) is 0 Å². The second kappa shape index (κ2) is 9.36. The molecule has 0 fully saturated rings. The van der Waals surface area contributed by atoms with Crippen molar-refractivity contribution in [2.24, 2.45) is 0 Å². The standard InChI is InChI=1S/C21H20FN3O3/c1-27-19-8-3-2-5-16(19)14-25-21(26)24-13-15-9-10-20(23-12-15)28-18-7-4-6-17(22)11-18/h2-12H,13-14H2,1H3,(H2,24,25,26). The summed E-state index contributed by atoms with van der Waals surface area (Å²) < 4.78 is 23.9. The molecule has 1 heterocycles. The molecule has 7 heteroatoms. The number of pyridine rings is 1. The van der Waals surface area contributed by atoms with Gasteiger partial charge in [-0.05, 0) is 23.8 Å². The molecule has 0 spiro atoms. The van der Waals surface area contributed by atoms with Crippen LogP contribution in [0.15, 0.2) is 66.9 Å². The molecule has 2 aromatic carbocycles. The molecule has 0 saturated heterocycles. The molecular weight excluding hydrogens is 361 g/mol. The van der Waals surface area contributed by atoms with E-state index in [-0.39, 0.29) is 11.8 Å². The Balaban J connectivity index is 1.47. The molecule has 2 N–H and O–H groups in total. The number of para-hydroxylation sites is 1. The van der Waals surface area contributed by atoms with Crippen LogP contribution in [0.4, 0.5) is 9.18 Å². The van der Waals surface area contributed by atoms with Crippen molar-refractivity contribution in [2.75, 3.05) is 7.11 Å². The number of hydrogen-bond donors (Lipinski definition) is 2. The van der Waals surface area contributed by atoms with E-state index in [1.807, 2.05) is 24.3 Å². The summed E-state index contributed by atoms with van der Waals surface area (Å²) in [5, 5.41) is 5.54. The number of aromatic nitrogens is 1. The van der Waals surface area contributed by atoms with Gasteiger partial charge in [-0.2, -0.15) is 0 Å². The molecule has 1 aromatic heterocycles. The van der Waals surface area contributed by atoms with Gasteiger partial charge < -0.3 is 20.1 Å². The number of benzene rings is 2. The average Bonchev–Trinajstić information content (AvgIpc) is 2.72. The van der Waals surface area contributed by atoms with Crippen molar-refractivity contribution in [1.82, 2.24) is 15.6 Å². The first kappa shape index (κ1) is 19.2. The van der Waals surface area contributed by atoms with Crippen LogP contribution in [-0.2, 0) is 13.1 Å². The van der Waals surface area contributed by atoms with E-state index in [2.05, 4.69) is 15.6 Å². The third-order valence-corrected chi connectivity index (χ3v) is 3.90. The van der Waals surface area contributed by atoms with Gasteiger partial charge in [-0.1, -0.05) is 30.3 Å². The number of amides is 2. The SMILES string of the molecule is COc1ccccc1CNC(=O)NCc1ccc(Oc2cccc(F)c2)nc1. The minimum absolute atomic E-state index is 0.300. The lowest BCUT2D eigenvalue weighted by Crippen LogP contribution is -2.34. The second-order valence-corrected chi connectivity index (χ2v) is 5.91. The maximum Gasteiger partial charge on any atom is 0.315 e.